The van der Waals surface area contributed by atoms with Gasteiger partial charge in [-0.1, -0.05) is 68.2 Å². The molecule has 1 fully saturated rings. The average Bonchev–Trinajstić information content (AvgIpc) is 3.12. The topological polar surface area (TPSA) is 90.4 Å². The van der Waals surface area contributed by atoms with Crippen LogP contribution >= 0.6 is 0 Å². The number of benzene rings is 2. The molecule has 0 saturated carbocycles. The molecule has 39 heavy (non-hydrogen) atoms. The summed E-state index contributed by atoms with van der Waals surface area (Å²) in [6.07, 6.45) is 8.22. The first kappa shape index (κ1) is 28.8. The molecule has 0 spiro atoms. The molecule has 8 nitrogen and oxygen atoms in total. The van der Waals surface area contributed by atoms with Gasteiger partial charge in [0.2, 0.25) is 11.8 Å². The number of nitrogens with zero attached hydrogens (tertiary/aromatic N) is 3. The number of carbonyl (C=O) groups is 1. The Morgan fingerprint density at radius 2 is 1.87 bits per heavy atom. The van der Waals surface area contributed by atoms with E-state index in [9.17, 15) is 18.3 Å². The molecule has 1 saturated heterocycles. The molecule has 2 aliphatic heterocycles. The number of likely N-dealkylation sites (tertiary alicyclic amines) is 1. The molecule has 0 aromatic heterocycles. The Hall–Kier alpha value is -3.24. The molecule has 0 radical (unpaired) electrons. The minimum Gasteiger partial charge on any atom is -0.493 e. The molecule has 210 valence electrons. The van der Waals surface area contributed by atoms with Crippen molar-refractivity contribution in [3.63, 3.8) is 0 Å². The largest absolute Gasteiger partial charge is 0.493 e. The molecular weight excluding hydrogens is 530 g/mol. The summed E-state index contributed by atoms with van der Waals surface area (Å²) in [6, 6.07) is 15.7. The molecule has 2 aliphatic rings. The van der Waals surface area contributed by atoms with E-state index in [1.807, 2.05) is 53.5 Å². The molecule has 0 bridgehead atoms. The van der Waals surface area contributed by atoms with Crippen molar-refractivity contribution in [3.05, 3.63) is 77.8 Å². The van der Waals surface area contributed by atoms with E-state index in [0.717, 1.165) is 51.6 Å². The molecular formula is C29H39N3O5SSi. The minimum atomic E-state index is -4.01. The van der Waals surface area contributed by atoms with Gasteiger partial charge >= 0.3 is 10.2 Å². The highest BCUT2D eigenvalue weighted by Crippen LogP contribution is 2.38. The second-order valence-corrected chi connectivity index (χ2v) is 18.7. The number of rotatable bonds is 9. The predicted molar refractivity (Wildman–Crippen MR) is 158 cm³/mol. The standard InChI is InChI=1S/C29H39N3O5SSi/c1-23(33)30-17-9-8-12-26(30)15-13-24-14-16-27(28(20-24)37-22-25-10-6-5-7-11-25)32-21-29(34)31(38(32,35)36)18-19-39(2,3)4/h5-7,10-11,13-16,20-21,26,34H,8-9,12,17-19,22H2,1-4H3. The van der Waals surface area contributed by atoms with Crippen molar-refractivity contribution in [3.8, 4) is 5.75 Å². The van der Waals surface area contributed by atoms with Crippen LogP contribution in [0.3, 0.4) is 0 Å². The lowest BCUT2D eigenvalue weighted by molar-refractivity contribution is -0.131. The SMILES string of the molecule is CC(=O)N1CCCCC1C=Cc1ccc(N2C=C(O)N(CC[Si](C)(C)C)S2(=O)=O)c(OCc2ccccc2)c1. The maximum Gasteiger partial charge on any atom is 0.332 e. The first-order chi connectivity index (χ1) is 18.5. The van der Waals surface area contributed by atoms with Gasteiger partial charge in [0.1, 0.15) is 18.0 Å². The Morgan fingerprint density at radius 3 is 2.56 bits per heavy atom. The van der Waals surface area contributed by atoms with Crippen molar-refractivity contribution in [2.75, 3.05) is 17.4 Å². The Balaban J connectivity index is 1.64. The van der Waals surface area contributed by atoms with Crippen LogP contribution in [-0.4, -0.2) is 55.8 Å². The Labute approximate surface area is 233 Å². The zero-order valence-corrected chi connectivity index (χ0v) is 25.0. The highest BCUT2D eigenvalue weighted by molar-refractivity contribution is 7.91. The number of piperidine rings is 1. The van der Waals surface area contributed by atoms with Crippen LogP contribution in [0, 0.1) is 0 Å². The zero-order chi connectivity index (χ0) is 28.2. The van der Waals surface area contributed by atoms with Gasteiger partial charge in [-0.15, -0.1) is 0 Å². The molecule has 2 aromatic carbocycles. The van der Waals surface area contributed by atoms with Crippen LogP contribution in [0.25, 0.3) is 6.08 Å². The number of hydrogen-bond acceptors (Lipinski definition) is 5. The van der Waals surface area contributed by atoms with E-state index < -0.39 is 18.3 Å². The summed E-state index contributed by atoms with van der Waals surface area (Å²) in [5.74, 6) is 0.150. The van der Waals surface area contributed by atoms with Gasteiger partial charge < -0.3 is 14.7 Å². The van der Waals surface area contributed by atoms with Crippen LogP contribution in [0.2, 0.25) is 25.7 Å². The number of ether oxygens (including phenoxy) is 1. The summed E-state index contributed by atoms with van der Waals surface area (Å²) < 4.78 is 35.4. The van der Waals surface area contributed by atoms with Crippen LogP contribution in [0.4, 0.5) is 5.69 Å². The molecule has 1 amide bonds. The fourth-order valence-corrected chi connectivity index (χ4v) is 7.26. The molecule has 2 heterocycles. The van der Waals surface area contributed by atoms with Gasteiger partial charge in [-0.3, -0.25) is 4.79 Å². The third-order valence-electron chi connectivity index (χ3n) is 7.00. The van der Waals surface area contributed by atoms with Crippen molar-refractivity contribution in [1.82, 2.24) is 9.21 Å². The Bertz CT molecular complexity index is 1340. The molecule has 0 aliphatic carbocycles. The monoisotopic (exact) mass is 569 g/mol. The van der Waals surface area contributed by atoms with E-state index in [2.05, 4.69) is 19.6 Å². The maximum atomic E-state index is 13.5. The minimum absolute atomic E-state index is 0.0309. The van der Waals surface area contributed by atoms with Crippen molar-refractivity contribution < 1.29 is 23.1 Å². The van der Waals surface area contributed by atoms with Crippen molar-refractivity contribution >= 4 is 36.0 Å². The van der Waals surface area contributed by atoms with Crippen molar-refractivity contribution in [2.45, 2.75) is 64.5 Å². The fourth-order valence-electron chi connectivity index (χ4n) is 4.76. The van der Waals surface area contributed by atoms with Gasteiger partial charge in [-0.2, -0.15) is 8.42 Å². The molecule has 1 unspecified atom stereocenters. The number of aliphatic hydroxyl groups is 1. The molecule has 1 atom stereocenters. The van der Waals surface area contributed by atoms with E-state index in [0.29, 0.717) is 11.4 Å². The summed E-state index contributed by atoms with van der Waals surface area (Å²) in [7, 11) is -5.56. The lowest BCUT2D eigenvalue weighted by Gasteiger charge is -2.33. The summed E-state index contributed by atoms with van der Waals surface area (Å²) in [6.45, 7) is 9.34. The first-order valence-electron chi connectivity index (χ1n) is 13.4. The second kappa shape index (κ2) is 11.9. The van der Waals surface area contributed by atoms with E-state index in [1.165, 1.54) is 6.20 Å². The van der Waals surface area contributed by atoms with Crippen LogP contribution in [0.1, 0.15) is 37.3 Å². The predicted octanol–water partition coefficient (Wildman–Crippen LogP) is 5.74. The highest BCUT2D eigenvalue weighted by Gasteiger charge is 2.39. The fraction of sp³-hybridized carbons (Fsp3) is 0.414. The van der Waals surface area contributed by atoms with Crippen LogP contribution in [0.5, 0.6) is 5.75 Å². The number of carbonyl (C=O) groups excluding carboxylic acids is 1. The maximum absolute atomic E-state index is 13.5. The van der Waals surface area contributed by atoms with Crippen LogP contribution in [-0.2, 0) is 21.6 Å². The van der Waals surface area contributed by atoms with Gasteiger partial charge in [-0.05, 0) is 48.6 Å². The number of amides is 1. The Morgan fingerprint density at radius 1 is 1.13 bits per heavy atom. The Kier molecular flexibility index (Phi) is 8.75. The summed E-state index contributed by atoms with van der Waals surface area (Å²) in [5, 5.41) is 10.6. The number of hydrogen-bond donors (Lipinski definition) is 1. The average molecular weight is 570 g/mol. The molecule has 1 N–H and O–H groups in total. The van der Waals surface area contributed by atoms with Gasteiger partial charge in [-0.25, -0.2) is 8.61 Å². The summed E-state index contributed by atoms with van der Waals surface area (Å²) >= 11 is 0. The smallest absolute Gasteiger partial charge is 0.332 e. The van der Waals surface area contributed by atoms with Crippen molar-refractivity contribution in [2.24, 2.45) is 0 Å². The first-order valence-corrected chi connectivity index (χ1v) is 18.6. The highest BCUT2D eigenvalue weighted by atomic mass is 32.2. The van der Waals surface area contributed by atoms with Gasteiger partial charge in [0.25, 0.3) is 0 Å². The van der Waals surface area contributed by atoms with E-state index in [4.69, 9.17) is 4.74 Å². The summed E-state index contributed by atoms with van der Waals surface area (Å²) in [4.78, 5) is 14.0. The van der Waals surface area contributed by atoms with Crippen molar-refractivity contribution in [1.29, 1.82) is 0 Å². The van der Waals surface area contributed by atoms with Crippen LogP contribution < -0.4 is 9.04 Å². The van der Waals surface area contributed by atoms with Gasteiger partial charge in [0, 0.05) is 28.1 Å². The third-order valence-corrected chi connectivity index (χ3v) is 10.5. The number of anilines is 1. The van der Waals surface area contributed by atoms with E-state index in [-0.39, 0.29) is 31.0 Å². The van der Waals surface area contributed by atoms with E-state index in [1.54, 1.807) is 19.1 Å². The lowest BCUT2D eigenvalue weighted by atomic mass is 10.0. The lowest BCUT2D eigenvalue weighted by Crippen LogP contribution is -2.41. The van der Waals surface area contributed by atoms with Crippen LogP contribution in [0.15, 0.2) is 66.7 Å². The number of aliphatic hydroxyl groups excluding tert-OH is 1. The quantitative estimate of drug-likeness (QED) is 0.389. The molecule has 4 rings (SSSR count). The van der Waals surface area contributed by atoms with Gasteiger partial charge in [0.15, 0.2) is 0 Å². The molecule has 2 aromatic rings. The third kappa shape index (κ3) is 7.05. The normalized spacial score (nSPS) is 19.4. The second-order valence-electron chi connectivity index (χ2n) is 11.3. The van der Waals surface area contributed by atoms with E-state index >= 15 is 0 Å². The zero-order valence-electron chi connectivity index (χ0n) is 23.2. The summed E-state index contributed by atoms with van der Waals surface area (Å²) in [5.41, 5.74) is 2.10. The molecule has 10 heteroatoms. The van der Waals surface area contributed by atoms with Gasteiger partial charge in [0.05, 0.1) is 12.2 Å².